The smallest absolute Gasteiger partial charge is 0.219 e. The highest BCUT2D eigenvalue weighted by Crippen LogP contribution is 2.18. The van der Waals surface area contributed by atoms with Crippen LogP contribution in [-0.2, 0) is 0 Å². The molecule has 14 heavy (non-hydrogen) atoms. The Balaban J connectivity index is 2.19. The predicted molar refractivity (Wildman–Crippen MR) is 49.5 cm³/mol. The fourth-order valence-corrected chi connectivity index (χ4v) is 1.01. The summed E-state index contributed by atoms with van der Waals surface area (Å²) in [4.78, 5) is 3.95. The van der Waals surface area contributed by atoms with Crippen LogP contribution in [0.3, 0.4) is 0 Å². The number of rotatable bonds is 2. The van der Waals surface area contributed by atoms with Crippen molar-refractivity contribution in [3.8, 4) is 11.6 Å². The molecule has 0 spiro atoms. The second-order valence-electron chi connectivity index (χ2n) is 2.64. The van der Waals surface area contributed by atoms with E-state index in [-0.39, 0.29) is 0 Å². The molecule has 0 atom stereocenters. The Labute approximate surface area is 81.0 Å². The van der Waals surface area contributed by atoms with Crippen LogP contribution < -0.4 is 4.74 Å². The van der Waals surface area contributed by atoms with Crippen LogP contribution in [0.2, 0.25) is 0 Å². The summed E-state index contributed by atoms with van der Waals surface area (Å²) in [6.07, 6.45) is 1.61. The Kier molecular flexibility index (Phi) is 2.40. The van der Waals surface area contributed by atoms with Gasteiger partial charge in [-0.15, -0.1) is 0 Å². The van der Waals surface area contributed by atoms with Gasteiger partial charge in [-0.2, -0.15) is 0 Å². The molecule has 1 aromatic heterocycles. The van der Waals surface area contributed by atoms with Crippen molar-refractivity contribution in [3.05, 3.63) is 54.5 Å². The summed E-state index contributed by atoms with van der Waals surface area (Å²) in [6, 6.07) is 12.0. The first kappa shape index (κ1) is 8.69. The number of benzene rings is 1. The van der Waals surface area contributed by atoms with E-state index in [1.807, 2.05) is 0 Å². The number of hydrogen-bond acceptors (Lipinski definition) is 2. The molecule has 0 saturated carbocycles. The molecule has 2 rings (SSSR count). The molecule has 0 aliphatic rings. The van der Waals surface area contributed by atoms with Gasteiger partial charge in [-0.1, -0.05) is 6.07 Å². The van der Waals surface area contributed by atoms with Gasteiger partial charge in [-0.3, -0.25) is 0 Å². The highest BCUT2D eigenvalue weighted by molar-refractivity contribution is 5.26. The molecule has 1 radical (unpaired) electrons. The first-order valence-corrected chi connectivity index (χ1v) is 4.11. The minimum atomic E-state index is -0.446. The number of ether oxygens (including phenoxy) is 1. The van der Waals surface area contributed by atoms with Crippen molar-refractivity contribution in [3.63, 3.8) is 0 Å². The Bertz CT molecular complexity index is 417. The van der Waals surface area contributed by atoms with E-state index in [1.54, 1.807) is 30.5 Å². The van der Waals surface area contributed by atoms with E-state index in [4.69, 9.17) is 4.74 Å². The molecule has 2 nitrogen and oxygen atoms in total. The minimum absolute atomic E-state index is 0.417. The minimum Gasteiger partial charge on any atom is -0.439 e. The molecular formula is C11H7FNO. The molecule has 2 aromatic rings. The first-order valence-electron chi connectivity index (χ1n) is 4.11. The van der Waals surface area contributed by atoms with Gasteiger partial charge in [0.25, 0.3) is 0 Å². The molecule has 0 saturated heterocycles. The second kappa shape index (κ2) is 3.87. The van der Waals surface area contributed by atoms with Crippen LogP contribution in [0.1, 0.15) is 0 Å². The van der Waals surface area contributed by atoms with Gasteiger partial charge in [0.1, 0.15) is 11.6 Å². The van der Waals surface area contributed by atoms with Crippen molar-refractivity contribution in [2.45, 2.75) is 0 Å². The summed E-state index contributed by atoms with van der Waals surface area (Å²) in [5, 5.41) is 0. The number of aromatic nitrogens is 1. The maximum Gasteiger partial charge on any atom is 0.219 e. The van der Waals surface area contributed by atoms with Crippen molar-refractivity contribution < 1.29 is 9.13 Å². The molecule has 0 N–H and O–H groups in total. The van der Waals surface area contributed by atoms with Gasteiger partial charge in [0, 0.05) is 24.4 Å². The summed E-state index contributed by atoms with van der Waals surface area (Å²) in [5.74, 6) is 0.413. The largest absolute Gasteiger partial charge is 0.439 e. The van der Waals surface area contributed by atoms with Crippen molar-refractivity contribution in [2.75, 3.05) is 0 Å². The van der Waals surface area contributed by atoms with Crippen molar-refractivity contribution >= 4 is 0 Å². The zero-order valence-electron chi connectivity index (χ0n) is 7.27. The lowest BCUT2D eigenvalue weighted by atomic mass is 10.3. The monoisotopic (exact) mass is 188 g/mol. The lowest BCUT2D eigenvalue weighted by Gasteiger charge is -2.02. The van der Waals surface area contributed by atoms with Crippen molar-refractivity contribution in [1.82, 2.24) is 4.98 Å². The average molecular weight is 188 g/mol. The Morgan fingerprint density at radius 1 is 1.29 bits per heavy atom. The molecule has 1 aromatic carbocycles. The van der Waals surface area contributed by atoms with Crippen LogP contribution >= 0.6 is 0 Å². The van der Waals surface area contributed by atoms with Gasteiger partial charge >= 0.3 is 0 Å². The van der Waals surface area contributed by atoms with Gasteiger partial charge < -0.3 is 4.74 Å². The third-order valence-electron chi connectivity index (χ3n) is 1.60. The van der Waals surface area contributed by atoms with Gasteiger partial charge in [-0.05, 0) is 18.2 Å². The molecular weight excluding hydrogens is 181 g/mol. The van der Waals surface area contributed by atoms with E-state index < -0.39 is 5.82 Å². The molecule has 0 fully saturated rings. The number of pyridine rings is 1. The number of hydrogen-bond donors (Lipinski definition) is 0. The van der Waals surface area contributed by atoms with Crippen LogP contribution in [0.5, 0.6) is 11.6 Å². The van der Waals surface area contributed by atoms with Crippen LogP contribution in [0.15, 0.2) is 42.6 Å². The van der Waals surface area contributed by atoms with Crippen LogP contribution in [0.25, 0.3) is 0 Å². The zero-order valence-corrected chi connectivity index (χ0v) is 7.27. The Morgan fingerprint density at radius 2 is 2.21 bits per heavy atom. The van der Waals surface area contributed by atoms with Gasteiger partial charge in [0.05, 0.1) is 0 Å². The number of nitrogens with zero attached hydrogens (tertiary/aromatic N) is 1. The molecule has 0 bridgehead atoms. The molecule has 0 unspecified atom stereocenters. The fourth-order valence-electron chi connectivity index (χ4n) is 1.01. The molecule has 0 aliphatic carbocycles. The third-order valence-corrected chi connectivity index (χ3v) is 1.60. The summed E-state index contributed by atoms with van der Waals surface area (Å²) in [6.45, 7) is 0. The topological polar surface area (TPSA) is 22.1 Å². The van der Waals surface area contributed by atoms with E-state index in [1.165, 1.54) is 12.1 Å². The quantitative estimate of drug-likeness (QED) is 0.722. The molecule has 0 amide bonds. The van der Waals surface area contributed by atoms with Crippen LogP contribution in [0, 0.1) is 11.9 Å². The normalized spacial score (nSPS) is 9.79. The lowest BCUT2D eigenvalue weighted by Crippen LogP contribution is -1.87. The summed E-state index contributed by atoms with van der Waals surface area (Å²) >= 11 is 0. The van der Waals surface area contributed by atoms with E-state index in [0.717, 1.165) is 0 Å². The maximum atomic E-state index is 12.7. The van der Waals surface area contributed by atoms with Crippen molar-refractivity contribution in [2.24, 2.45) is 0 Å². The first-order chi connectivity index (χ1) is 6.84. The Hall–Kier alpha value is -1.90. The predicted octanol–water partition coefficient (Wildman–Crippen LogP) is 2.81. The summed E-state index contributed by atoms with van der Waals surface area (Å²) < 4.78 is 18.0. The van der Waals surface area contributed by atoms with Gasteiger partial charge in [-0.25, -0.2) is 9.37 Å². The molecule has 0 aliphatic heterocycles. The Morgan fingerprint density at radius 3 is 2.93 bits per heavy atom. The highest BCUT2D eigenvalue weighted by Gasteiger charge is 1.98. The van der Waals surface area contributed by atoms with Crippen LogP contribution in [-0.4, -0.2) is 4.98 Å². The average Bonchev–Trinajstić information content (AvgIpc) is 2.19. The zero-order chi connectivity index (χ0) is 9.80. The third kappa shape index (κ3) is 2.07. The summed E-state index contributed by atoms with van der Waals surface area (Å²) in [5.41, 5.74) is 0. The van der Waals surface area contributed by atoms with Gasteiger partial charge in [0.15, 0.2) is 0 Å². The molecule has 69 valence electrons. The number of halogens is 1. The molecule has 3 heteroatoms. The maximum absolute atomic E-state index is 12.7. The highest BCUT2D eigenvalue weighted by atomic mass is 19.1. The SMILES string of the molecule is Fc1[c]ccc(Oc2ccccn2)c1. The second-order valence-corrected chi connectivity index (χ2v) is 2.64. The van der Waals surface area contributed by atoms with Crippen LogP contribution in [0.4, 0.5) is 4.39 Å². The molecule has 1 heterocycles. The lowest BCUT2D eigenvalue weighted by molar-refractivity contribution is 0.458. The van der Waals surface area contributed by atoms with E-state index >= 15 is 0 Å². The standard InChI is InChI=1S/C11H7FNO/c12-9-4-3-5-10(8-9)14-11-6-1-2-7-13-11/h1-3,5-8H. The fraction of sp³-hybridized carbons (Fsp3) is 0. The van der Waals surface area contributed by atoms with Gasteiger partial charge in [0.2, 0.25) is 5.88 Å². The van der Waals surface area contributed by atoms with E-state index in [9.17, 15) is 4.39 Å². The van der Waals surface area contributed by atoms with Crippen molar-refractivity contribution in [1.29, 1.82) is 0 Å². The van der Waals surface area contributed by atoms with E-state index in [0.29, 0.717) is 11.6 Å². The summed E-state index contributed by atoms with van der Waals surface area (Å²) in [7, 11) is 0. The van der Waals surface area contributed by atoms with E-state index in [2.05, 4.69) is 11.1 Å².